The number of hydrogen-bond acceptors (Lipinski definition) is 2. The molecule has 0 spiro atoms. The lowest BCUT2D eigenvalue weighted by atomic mass is 9.88. The first-order chi connectivity index (χ1) is 10.0. The zero-order chi connectivity index (χ0) is 15.0. The molecule has 3 heteroatoms. The smallest absolute Gasteiger partial charge is 0.119 e. The summed E-state index contributed by atoms with van der Waals surface area (Å²) in [6.45, 7) is 2.07. The molecule has 0 saturated heterocycles. The largest absolute Gasteiger partial charge is 0.497 e. The first kappa shape index (κ1) is 14.6. The molecular formula is C18H19BrO2. The molecule has 3 rings (SSSR count). The Morgan fingerprint density at radius 2 is 2.05 bits per heavy atom. The van der Waals surface area contributed by atoms with Crippen LogP contribution in [0.15, 0.2) is 40.9 Å². The molecule has 2 aromatic carbocycles. The van der Waals surface area contributed by atoms with Crippen LogP contribution in [0.25, 0.3) is 0 Å². The molecule has 0 aromatic heterocycles. The van der Waals surface area contributed by atoms with Crippen molar-refractivity contribution in [1.29, 1.82) is 0 Å². The fraction of sp³-hybridized carbons (Fsp3) is 0.333. The number of methoxy groups -OCH3 is 1. The van der Waals surface area contributed by atoms with Crippen molar-refractivity contribution in [3.05, 3.63) is 63.1 Å². The molecule has 1 aliphatic carbocycles. The van der Waals surface area contributed by atoms with E-state index < -0.39 is 5.60 Å². The maximum atomic E-state index is 11.1. The van der Waals surface area contributed by atoms with Crippen molar-refractivity contribution in [3.8, 4) is 5.75 Å². The van der Waals surface area contributed by atoms with Crippen LogP contribution in [0.2, 0.25) is 0 Å². The molecule has 1 N–H and O–H groups in total. The van der Waals surface area contributed by atoms with E-state index in [1.54, 1.807) is 7.11 Å². The molecule has 1 unspecified atom stereocenters. The van der Waals surface area contributed by atoms with Crippen molar-refractivity contribution in [1.82, 2.24) is 0 Å². The normalized spacial score (nSPS) is 20.4. The summed E-state index contributed by atoms with van der Waals surface area (Å²) in [4.78, 5) is 0. The Balaban J connectivity index is 1.98. The minimum atomic E-state index is -0.782. The zero-order valence-corrected chi connectivity index (χ0v) is 13.9. The van der Waals surface area contributed by atoms with Gasteiger partial charge in [-0.3, -0.25) is 0 Å². The Morgan fingerprint density at radius 1 is 1.24 bits per heavy atom. The molecule has 0 heterocycles. The Kier molecular flexibility index (Phi) is 3.80. The number of ether oxygens (including phenoxy) is 1. The van der Waals surface area contributed by atoms with E-state index in [0.717, 1.165) is 34.2 Å². The van der Waals surface area contributed by atoms with Gasteiger partial charge in [-0.15, -0.1) is 0 Å². The van der Waals surface area contributed by atoms with E-state index in [9.17, 15) is 5.11 Å². The van der Waals surface area contributed by atoms with Crippen LogP contribution in [-0.4, -0.2) is 12.2 Å². The molecule has 1 aliphatic rings. The lowest BCUT2D eigenvalue weighted by Gasteiger charge is -2.25. The molecule has 2 nitrogen and oxygen atoms in total. The van der Waals surface area contributed by atoms with Gasteiger partial charge in [-0.1, -0.05) is 39.7 Å². The first-order valence-electron chi connectivity index (χ1n) is 7.17. The average Bonchev–Trinajstić information content (AvgIpc) is 2.78. The van der Waals surface area contributed by atoms with Crippen LogP contribution in [-0.2, 0) is 18.4 Å². The number of rotatable bonds is 3. The van der Waals surface area contributed by atoms with Gasteiger partial charge in [-0.05, 0) is 54.7 Å². The minimum absolute atomic E-state index is 0.598. The molecule has 0 bridgehead atoms. The maximum Gasteiger partial charge on any atom is 0.119 e. The van der Waals surface area contributed by atoms with E-state index in [4.69, 9.17) is 4.74 Å². The highest BCUT2D eigenvalue weighted by Crippen LogP contribution is 2.41. The highest BCUT2D eigenvalue weighted by molar-refractivity contribution is 9.10. The van der Waals surface area contributed by atoms with E-state index in [0.29, 0.717) is 6.42 Å². The molecule has 1 atom stereocenters. The standard InChI is InChI=1S/C18H19BrO2/c1-12-3-4-13-7-8-18(20,16(13)9-12)11-14-10-15(21-2)5-6-17(14)19/h3-6,9-10,20H,7-8,11H2,1-2H3. The monoisotopic (exact) mass is 346 g/mol. The van der Waals surface area contributed by atoms with Crippen LogP contribution in [0, 0.1) is 6.92 Å². The number of benzene rings is 2. The number of hydrogen-bond donors (Lipinski definition) is 1. The number of aryl methyl sites for hydroxylation is 2. The molecule has 0 radical (unpaired) electrons. The van der Waals surface area contributed by atoms with Gasteiger partial charge < -0.3 is 9.84 Å². The van der Waals surface area contributed by atoms with Gasteiger partial charge in [0.25, 0.3) is 0 Å². The summed E-state index contributed by atoms with van der Waals surface area (Å²) in [6.07, 6.45) is 2.31. The van der Waals surface area contributed by atoms with Gasteiger partial charge in [0.05, 0.1) is 12.7 Å². The molecule has 0 aliphatic heterocycles. The summed E-state index contributed by atoms with van der Waals surface area (Å²) in [5, 5.41) is 11.1. The predicted molar refractivity (Wildman–Crippen MR) is 87.8 cm³/mol. The zero-order valence-electron chi connectivity index (χ0n) is 12.3. The van der Waals surface area contributed by atoms with E-state index >= 15 is 0 Å². The summed E-state index contributed by atoms with van der Waals surface area (Å²) in [7, 11) is 1.66. The van der Waals surface area contributed by atoms with Gasteiger partial charge in [-0.25, -0.2) is 0 Å². The average molecular weight is 347 g/mol. The second kappa shape index (κ2) is 5.47. The van der Waals surface area contributed by atoms with Gasteiger partial charge in [0.1, 0.15) is 5.75 Å². The van der Waals surface area contributed by atoms with Crippen molar-refractivity contribution in [2.24, 2.45) is 0 Å². The fourth-order valence-corrected chi connectivity index (χ4v) is 3.52. The molecule has 0 amide bonds. The van der Waals surface area contributed by atoms with Crippen molar-refractivity contribution in [2.75, 3.05) is 7.11 Å². The van der Waals surface area contributed by atoms with Gasteiger partial charge >= 0.3 is 0 Å². The van der Waals surface area contributed by atoms with E-state index in [1.165, 1.54) is 11.1 Å². The van der Waals surface area contributed by atoms with Crippen LogP contribution in [0.4, 0.5) is 0 Å². The van der Waals surface area contributed by atoms with Crippen LogP contribution in [0.1, 0.15) is 28.7 Å². The Hall–Kier alpha value is -1.32. The quantitative estimate of drug-likeness (QED) is 0.904. The van der Waals surface area contributed by atoms with E-state index in [1.807, 2.05) is 18.2 Å². The van der Waals surface area contributed by atoms with Gasteiger partial charge in [-0.2, -0.15) is 0 Å². The third-order valence-electron chi connectivity index (χ3n) is 4.31. The summed E-state index contributed by atoms with van der Waals surface area (Å²) in [6, 6.07) is 12.3. The maximum absolute atomic E-state index is 11.1. The third kappa shape index (κ3) is 2.72. The Labute approximate surface area is 133 Å². The van der Waals surface area contributed by atoms with Crippen LogP contribution < -0.4 is 4.74 Å². The SMILES string of the molecule is COc1ccc(Br)c(CC2(O)CCc3ccc(C)cc32)c1. The fourth-order valence-electron chi connectivity index (χ4n) is 3.13. The predicted octanol–water partition coefficient (Wildman–Crippen LogP) is 4.14. The topological polar surface area (TPSA) is 29.5 Å². The van der Waals surface area contributed by atoms with Crippen LogP contribution in [0.3, 0.4) is 0 Å². The van der Waals surface area contributed by atoms with E-state index in [2.05, 4.69) is 41.1 Å². The molecule has 0 fully saturated rings. The van der Waals surface area contributed by atoms with Crippen LogP contribution in [0.5, 0.6) is 5.75 Å². The molecule has 21 heavy (non-hydrogen) atoms. The molecule has 0 saturated carbocycles. The highest BCUT2D eigenvalue weighted by Gasteiger charge is 2.37. The number of fused-ring (bicyclic) bond motifs is 1. The Bertz CT molecular complexity index is 681. The van der Waals surface area contributed by atoms with Crippen molar-refractivity contribution < 1.29 is 9.84 Å². The van der Waals surface area contributed by atoms with Gasteiger partial charge in [0.2, 0.25) is 0 Å². The van der Waals surface area contributed by atoms with Crippen molar-refractivity contribution >= 4 is 15.9 Å². The number of halogens is 1. The molecular weight excluding hydrogens is 328 g/mol. The van der Waals surface area contributed by atoms with Crippen molar-refractivity contribution in [3.63, 3.8) is 0 Å². The third-order valence-corrected chi connectivity index (χ3v) is 5.08. The lowest BCUT2D eigenvalue weighted by Crippen LogP contribution is -2.25. The summed E-state index contributed by atoms with van der Waals surface area (Å²) >= 11 is 3.58. The Morgan fingerprint density at radius 3 is 2.81 bits per heavy atom. The van der Waals surface area contributed by atoms with Gasteiger partial charge in [0.15, 0.2) is 0 Å². The second-order valence-electron chi connectivity index (χ2n) is 5.83. The minimum Gasteiger partial charge on any atom is -0.497 e. The first-order valence-corrected chi connectivity index (χ1v) is 7.96. The highest BCUT2D eigenvalue weighted by atomic mass is 79.9. The van der Waals surface area contributed by atoms with Crippen molar-refractivity contribution in [2.45, 2.75) is 31.8 Å². The molecule has 110 valence electrons. The summed E-state index contributed by atoms with van der Waals surface area (Å²) in [5.74, 6) is 0.819. The summed E-state index contributed by atoms with van der Waals surface area (Å²) < 4.78 is 6.31. The molecule has 2 aromatic rings. The lowest BCUT2D eigenvalue weighted by molar-refractivity contribution is 0.0387. The van der Waals surface area contributed by atoms with E-state index in [-0.39, 0.29) is 0 Å². The second-order valence-corrected chi connectivity index (χ2v) is 6.68. The summed E-state index contributed by atoms with van der Waals surface area (Å²) in [5.41, 5.74) is 3.83. The van der Waals surface area contributed by atoms with Gasteiger partial charge in [0, 0.05) is 10.9 Å². The number of aliphatic hydroxyl groups is 1. The van der Waals surface area contributed by atoms with Crippen LogP contribution >= 0.6 is 15.9 Å².